The second-order valence-corrected chi connectivity index (χ2v) is 7.75. The monoisotopic (exact) mass is 376 g/mol. The molecule has 0 aromatic heterocycles. The van der Waals surface area contributed by atoms with Gasteiger partial charge in [-0.2, -0.15) is 0 Å². The van der Waals surface area contributed by atoms with Crippen molar-refractivity contribution in [3.8, 4) is 0 Å². The van der Waals surface area contributed by atoms with E-state index in [1.807, 2.05) is 0 Å². The van der Waals surface area contributed by atoms with Gasteiger partial charge in [-0.3, -0.25) is 0 Å². The normalized spacial score (nSPS) is 32.1. The number of aliphatic hydroxyl groups excluding tert-OH is 4. The van der Waals surface area contributed by atoms with Gasteiger partial charge in [0.1, 0.15) is 24.4 Å². The average Bonchev–Trinajstić information content (AvgIpc) is 2.64. The molecule has 6 nitrogen and oxygen atoms in total. The Balaban J connectivity index is 2.09. The highest BCUT2D eigenvalue weighted by Crippen LogP contribution is 2.32. The van der Waals surface area contributed by atoms with E-state index < -0.39 is 36.8 Å². The molecule has 0 bridgehead atoms. The van der Waals surface area contributed by atoms with Gasteiger partial charge in [0.2, 0.25) is 0 Å². The molecule has 0 aliphatic carbocycles. The van der Waals surface area contributed by atoms with Crippen LogP contribution in [-0.2, 0) is 4.74 Å². The number of unbranched alkanes of at least 4 members (excludes halogenated alkanes) is 11. The second kappa shape index (κ2) is 13.0. The average molecular weight is 377 g/mol. The van der Waals surface area contributed by atoms with E-state index in [0.29, 0.717) is 6.42 Å². The SMILES string of the molecule is CCCCCCCCCCCCCCC1(O)O[C@H](CO)[C@@H](O)[C@H](O)[C@H]1O. The molecule has 6 heteroatoms. The molecular formula is C20H40O6. The van der Waals surface area contributed by atoms with Crippen molar-refractivity contribution in [1.82, 2.24) is 0 Å². The van der Waals surface area contributed by atoms with Crippen LogP contribution in [-0.4, -0.2) is 62.3 Å². The highest BCUT2D eigenvalue weighted by molar-refractivity contribution is 4.95. The van der Waals surface area contributed by atoms with Gasteiger partial charge < -0.3 is 30.3 Å². The van der Waals surface area contributed by atoms with E-state index in [2.05, 4.69) is 6.92 Å². The summed E-state index contributed by atoms with van der Waals surface area (Å²) in [5.74, 6) is -1.91. The Kier molecular flexibility index (Phi) is 11.9. The Hall–Kier alpha value is -0.240. The zero-order valence-electron chi connectivity index (χ0n) is 16.4. The molecule has 0 aromatic rings. The fourth-order valence-corrected chi connectivity index (χ4v) is 3.65. The molecule has 1 heterocycles. The molecule has 1 aliphatic heterocycles. The summed E-state index contributed by atoms with van der Waals surface area (Å²) in [5.41, 5.74) is 0. The van der Waals surface area contributed by atoms with Crippen molar-refractivity contribution in [2.75, 3.05) is 6.61 Å². The molecule has 1 fully saturated rings. The van der Waals surface area contributed by atoms with Crippen LogP contribution in [0.3, 0.4) is 0 Å². The molecule has 0 amide bonds. The van der Waals surface area contributed by atoms with E-state index >= 15 is 0 Å². The minimum Gasteiger partial charge on any atom is -0.394 e. The second-order valence-electron chi connectivity index (χ2n) is 7.75. The number of rotatable bonds is 14. The zero-order chi connectivity index (χ0) is 19.4. The largest absolute Gasteiger partial charge is 0.394 e. The van der Waals surface area contributed by atoms with Gasteiger partial charge in [-0.1, -0.05) is 77.6 Å². The fraction of sp³-hybridized carbons (Fsp3) is 1.00. The summed E-state index contributed by atoms with van der Waals surface area (Å²) in [6, 6.07) is 0. The van der Waals surface area contributed by atoms with Gasteiger partial charge >= 0.3 is 0 Å². The summed E-state index contributed by atoms with van der Waals surface area (Å²) in [5, 5.41) is 49.1. The first kappa shape index (κ1) is 23.8. The molecule has 0 saturated carbocycles. The topological polar surface area (TPSA) is 110 Å². The molecule has 5 N–H and O–H groups in total. The van der Waals surface area contributed by atoms with E-state index in [9.17, 15) is 25.5 Å². The standard InChI is InChI=1S/C20H40O6/c1-2-3-4-5-6-7-8-9-10-11-12-13-14-20(25)19(24)18(23)17(22)16(15-21)26-20/h16-19,21-25H,2-15H2,1H3/t16-,17-,18+,19-,20?/m1/s1. The number of aliphatic hydroxyl groups is 5. The summed E-state index contributed by atoms with van der Waals surface area (Å²) in [6.45, 7) is 1.71. The van der Waals surface area contributed by atoms with Gasteiger partial charge in [0.15, 0.2) is 5.79 Å². The van der Waals surface area contributed by atoms with Crippen LogP contribution >= 0.6 is 0 Å². The van der Waals surface area contributed by atoms with Crippen molar-refractivity contribution >= 4 is 0 Å². The third-order valence-electron chi connectivity index (χ3n) is 5.44. The third-order valence-corrected chi connectivity index (χ3v) is 5.44. The number of hydrogen-bond donors (Lipinski definition) is 5. The van der Waals surface area contributed by atoms with Crippen LogP contribution < -0.4 is 0 Å². The minimum absolute atomic E-state index is 0.172. The number of ether oxygens (including phenoxy) is 1. The van der Waals surface area contributed by atoms with E-state index in [1.54, 1.807) is 0 Å². The maximum atomic E-state index is 10.4. The molecule has 0 aromatic carbocycles. The fourth-order valence-electron chi connectivity index (χ4n) is 3.65. The molecule has 1 unspecified atom stereocenters. The van der Waals surface area contributed by atoms with Crippen LogP contribution in [0.4, 0.5) is 0 Å². The van der Waals surface area contributed by atoms with Crippen LogP contribution in [0.25, 0.3) is 0 Å². The molecule has 0 radical (unpaired) electrons. The first-order valence-corrected chi connectivity index (χ1v) is 10.5. The quantitative estimate of drug-likeness (QED) is 0.297. The summed E-state index contributed by atoms with van der Waals surface area (Å²) < 4.78 is 5.26. The lowest BCUT2D eigenvalue weighted by Crippen LogP contribution is -2.65. The van der Waals surface area contributed by atoms with Crippen molar-refractivity contribution in [3.63, 3.8) is 0 Å². The Morgan fingerprint density at radius 1 is 0.731 bits per heavy atom. The first-order chi connectivity index (χ1) is 12.5. The van der Waals surface area contributed by atoms with Crippen molar-refractivity contribution in [1.29, 1.82) is 0 Å². The molecule has 156 valence electrons. The number of hydrogen-bond acceptors (Lipinski definition) is 6. The third kappa shape index (κ3) is 7.79. The van der Waals surface area contributed by atoms with Gasteiger partial charge in [0.25, 0.3) is 0 Å². The minimum atomic E-state index is -1.91. The van der Waals surface area contributed by atoms with Crippen LogP contribution in [0, 0.1) is 0 Å². The lowest BCUT2D eigenvalue weighted by Gasteiger charge is -2.45. The molecule has 26 heavy (non-hydrogen) atoms. The van der Waals surface area contributed by atoms with Gasteiger partial charge in [-0.15, -0.1) is 0 Å². The van der Waals surface area contributed by atoms with E-state index in [1.165, 1.54) is 51.4 Å². The molecule has 5 atom stereocenters. The molecule has 1 rings (SSSR count). The van der Waals surface area contributed by atoms with Crippen LogP contribution in [0.2, 0.25) is 0 Å². The van der Waals surface area contributed by atoms with Crippen LogP contribution in [0.1, 0.15) is 90.4 Å². The Morgan fingerprint density at radius 2 is 1.19 bits per heavy atom. The summed E-state index contributed by atoms with van der Waals surface area (Å²) in [7, 11) is 0. The summed E-state index contributed by atoms with van der Waals surface area (Å²) >= 11 is 0. The van der Waals surface area contributed by atoms with E-state index in [-0.39, 0.29) is 6.42 Å². The molecule has 1 aliphatic rings. The predicted octanol–water partition coefficient (Wildman–Crippen LogP) is 2.24. The molecule has 1 saturated heterocycles. The van der Waals surface area contributed by atoms with E-state index in [0.717, 1.165) is 19.3 Å². The Labute approximate surface area is 158 Å². The maximum Gasteiger partial charge on any atom is 0.195 e. The highest BCUT2D eigenvalue weighted by Gasteiger charge is 2.51. The Bertz CT molecular complexity index is 351. The van der Waals surface area contributed by atoms with Crippen molar-refractivity contribution in [2.24, 2.45) is 0 Å². The van der Waals surface area contributed by atoms with Crippen molar-refractivity contribution < 1.29 is 30.3 Å². The molecule has 0 spiro atoms. The smallest absolute Gasteiger partial charge is 0.195 e. The Morgan fingerprint density at radius 3 is 1.65 bits per heavy atom. The van der Waals surface area contributed by atoms with Crippen molar-refractivity contribution in [2.45, 2.75) is 121 Å². The summed E-state index contributed by atoms with van der Waals surface area (Å²) in [6.07, 6.45) is 8.88. The van der Waals surface area contributed by atoms with Crippen LogP contribution in [0.15, 0.2) is 0 Å². The summed E-state index contributed by atoms with van der Waals surface area (Å²) in [4.78, 5) is 0. The zero-order valence-corrected chi connectivity index (χ0v) is 16.4. The molecular weight excluding hydrogens is 336 g/mol. The lowest BCUT2D eigenvalue weighted by atomic mass is 9.89. The van der Waals surface area contributed by atoms with Gasteiger partial charge in [0, 0.05) is 6.42 Å². The lowest BCUT2D eigenvalue weighted by molar-refractivity contribution is -0.351. The van der Waals surface area contributed by atoms with Crippen LogP contribution in [0.5, 0.6) is 0 Å². The van der Waals surface area contributed by atoms with Gasteiger partial charge in [0.05, 0.1) is 6.61 Å². The highest BCUT2D eigenvalue weighted by atomic mass is 16.7. The predicted molar refractivity (Wildman–Crippen MR) is 101 cm³/mol. The first-order valence-electron chi connectivity index (χ1n) is 10.5. The van der Waals surface area contributed by atoms with Crippen molar-refractivity contribution in [3.05, 3.63) is 0 Å². The van der Waals surface area contributed by atoms with Gasteiger partial charge in [-0.25, -0.2) is 0 Å². The maximum absolute atomic E-state index is 10.4. The van der Waals surface area contributed by atoms with Gasteiger partial charge in [-0.05, 0) is 6.42 Å². The van der Waals surface area contributed by atoms with E-state index in [4.69, 9.17) is 4.74 Å².